The highest BCUT2D eigenvalue weighted by Gasteiger charge is 2.21. The molecule has 138 valence electrons. The lowest BCUT2D eigenvalue weighted by atomic mass is 10.0. The molecule has 2 saturated carbocycles. The maximum atomic E-state index is 11.9. The van der Waals surface area contributed by atoms with Gasteiger partial charge in [0.05, 0.1) is 6.61 Å². The van der Waals surface area contributed by atoms with Gasteiger partial charge in [0.1, 0.15) is 0 Å². The highest BCUT2D eigenvalue weighted by Crippen LogP contribution is 2.28. The van der Waals surface area contributed by atoms with Gasteiger partial charge in [0, 0.05) is 46.8 Å². The van der Waals surface area contributed by atoms with E-state index in [2.05, 4.69) is 20.5 Å². The van der Waals surface area contributed by atoms with Gasteiger partial charge < -0.3 is 20.3 Å². The third-order valence-electron chi connectivity index (χ3n) is 4.87. The molecular formula is C18H34N4O2. The second kappa shape index (κ2) is 10.5. The van der Waals surface area contributed by atoms with E-state index in [1.807, 2.05) is 7.05 Å². The Morgan fingerprint density at radius 3 is 2.50 bits per heavy atom. The van der Waals surface area contributed by atoms with Crippen LogP contribution in [-0.2, 0) is 9.53 Å². The van der Waals surface area contributed by atoms with Crippen molar-refractivity contribution in [2.24, 2.45) is 16.8 Å². The number of carbonyl (C=O) groups is 1. The zero-order chi connectivity index (χ0) is 17.2. The van der Waals surface area contributed by atoms with Crippen molar-refractivity contribution >= 4 is 11.9 Å². The van der Waals surface area contributed by atoms with Crippen LogP contribution in [0.25, 0.3) is 0 Å². The first-order chi connectivity index (χ1) is 11.7. The van der Waals surface area contributed by atoms with Gasteiger partial charge in [-0.15, -0.1) is 0 Å². The third kappa shape index (κ3) is 7.51. The Bertz CT molecular complexity index is 404. The lowest BCUT2D eigenvalue weighted by Gasteiger charge is -2.22. The number of amides is 1. The number of guanidine groups is 1. The van der Waals surface area contributed by atoms with Gasteiger partial charge in [-0.3, -0.25) is 9.79 Å². The van der Waals surface area contributed by atoms with E-state index in [4.69, 9.17) is 4.74 Å². The summed E-state index contributed by atoms with van der Waals surface area (Å²) in [5, 5.41) is 6.29. The normalized spacial score (nSPS) is 18.7. The van der Waals surface area contributed by atoms with Crippen LogP contribution in [0.2, 0.25) is 0 Å². The highest BCUT2D eigenvalue weighted by atomic mass is 16.5. The first-order valence-corrected chi connectivity index (χ1v) is 9.45. The van der Waals surface area contributed by atoms with Crippen molar-refractivity contribution in [2.75, 3.05) is 46.9 Å². The van der Waals surface area contributed by atoms with Gasteiger partial charge in [-0.1, -0.05) is 12.8 Å². The van der Waals surface area contributed by atoms with Crippen molar-refractivity contribution < 1.29 is 9.53 Å². The molecule has 6 heteroatoms. The molecule has 0 heterocycles. The summed E-state index contributed by atoms with van der Waals surface area (Å²) in [5.41, 5.74) is 0. The number of hydrogen-bond acceptors (Lipinski definition) is 3. The Morgan fingerprint density at radius 1 is 1.12 bits per heavy atom. The van der Waals surface area contributed by atoms with E-state index < -0.39 is 0 Å². The monoisotopic (exact) mass is 338 g/mol. The number of likely N-dealkylation sites (N-methyl/N-ethyl adjacent to an activating group) is 1. The Morgan fingerprint density at radius 2 is 1.83 bits per heavy atom. The fourth-order valence-electron chi connectivity index (χ4n) is 3.15. The van der Waals surface area contributed by atoms with Gasteiger partial charge >= 0.3 is 0 Å². The van der Waals surface area contributed by atoms with E-state index in [0.29, 0.717) is 25.4 Å². The standard InChI is InChI=1S/C18H34N4O2/c1-19-18(22(2)11-12-24-14-16-7-8-16)21-10-9-20-17(23)13-15-5-3-4-6-15/h15-16H,3-14H2,1-2H3,(H,19,21)(H,20,23). The number of nitrogens with one attached hydrogen (secondary N) is 2. The average Bonchev–Trinajstić information content (AvgIpc) is 3.26. The van der Waals surface area contributed by atoms with Crippen LogP contribution in [0.5, 0.6) is 0 Å². The van der Waals surface area contributed by atoms with Crippen LogP contribution in [0.3, 0.4) is 0 Å². The molecule has 2 N–H and O–H groups in total. The second-order valence-electron chi connectivity index (χ2n) is 7.12. The lowest BCUT2D eigenvalue weighted by molar-refractivity contribution is -0.121. The fraction of sp³-hybridized carbons (Fsp3) is 0.889. The van der Waals surface area contributed by atoms with E-state index in [0.717, 1.165) is 31.6 Å². The van der Waals surface area contributed by atoms with E-state index in [1.54, 1.807) is 7.05 Å². The summed E-state index contributed by atoms with van der Waals surface area (Å²) in [6, 6.07) is 0. The molecule has 0 aromatic heterocycles. The van der Waals surface area contributed by atoms with Crippen LogP contribution in [0.15, 0.2) is 4.99 Å². The second-order valence-corrected chi connectivity index (χ2v) is 7.12. The Balaban J connectivity index is 1.50. The molecular weight excluding hydrogens is 304 g/mol. The molecule has 2 aliphatic rings. The van der Waals surface area contributed by atoms with Crippen molar-refractivity contribution in [3.8, 4) is 0 Å². The quantitative estimate of drug-likeness (QED) is 0.361. The van der Waals surface area contributed by atoms with Crippen LogP contribution >= 0.6 is 0 Å². The molecule has 6 nitrogen and oxygen atoms in total. The van der Waals surface area contributed by atoms with E-state index in [-0.39, 0.29) is 5.91 Å². The van der Waals surface area contributed by atoms with Gasteiger partial charge in [0.15, 0.2) is 5.96 Å². The van der Waals surface area contributed by atoms with Gasteiger partial charge in [-0.05, 0) is 37.5 Å². The summed E-state index contributed by atoms with van der Waals surface area (Å²) < 4.78 is 5.66. The topological polar surface area (TPSA) is 66.0 Å². The molecule has 24 heavy (non-hydrogen) atoms. The molecule has 0 bridgehead atoms. The van der Waals surface area contributed by atoms with Crippen LogP contribution in [0.1, 0.15) is 44.9 Å². The van der Waals surface area contributed by atoms with Crippen molar-refractivity contribution in [2.45, 2.75) is 44.9 Å². The van der Waals surface area contributed by atoms with Crippen LogP contribution in [0, 0.1) is 11.8 Å². The van der Waals surface area contributed by atoms with E-state index in [9.17, 15) is 4.79 Å². The SMILES string of the molecule is CN=C(NCCNC(=O)CC1CCCC1)N(C)CCOCC1CC1. The number of nitrogens with zero attached hydrogens (tertiary/aromatic N) is 2. The molecule has 0 unspecified atom stereocenters. The number of aliphatic imine (C=N–C) groups is 1. The summed E-state index contributed by atoms with van der Waals surface area (Å²) in [5.74, 6) is 2.43. The highest BCUT2D eigenvalue weighted by molar-refractivity contribution is 5.79. The molecule has 0 aliphatic heterocycles. The van der Waals surface area contributed by atoms with Crippen molar-refractivity contribution in [3.63, 3.8) is 0 Å². The lowest BCUT2D eigenvalue weighted by Crippen LogP contribution is -2.43. The first-order valence-electron chi connectivity index (χ1n) is 9.45. The maximum Gasteiger partial charge on any atom is 0.220 e. The van der Waals surface area contributed by atoms with Gasteiger partial charge in [-0.25, -0.2) is 0 Å². The molecule has 0 spiro atoms. The van der Waals surface area contributed by atoms with Crippen molar-refractivity contribution in [3.05, 3.63) is 0 Å². The molecule has 2 rings (SSSR count). The Hall–Kier alpha value is -1.30. The fourth-order valence-corrected chi connectivity index (χ4v) is 3.15. The third-order valence-corrected chi connectivity index (χ3v) is 4.87. The minimum atomic E-state index is 0.181. The predicted octanol–water partition coefficient (Wildman–Crippen LogP) is 1.62. The average molecular weight is 338 g/mol. The smallest absolute Gasteiger partial charge is 0.220 e. The van der Waals surface area contributed by atoms with Crippen molar-refractivity contribution in [1.82, 2.24) is 15.5 Å². The van der Waals surface area contributed by atoms with E-state index >= 15 is 0 Å². The van der Waals surface area contributed by atoms with E-state index in [1.165, 1.54) is 38.5 Å². The van der Waals surface area contributed by atoms with Crippen molar-refractivity contribution in [1.29, 1.82) is 0 Å². The zero-order valence-corrected chi connectivity index (χ0v) is 15.4. The summed E-state index contributed by atoms with van der Waals surface area (Å²) >= 11 is 0. The number of carbonyl (C=O) groups excluding carboxylic acids is 1. The number of rotatable bonds is 10. The first kappa shape index (κ1) is 19.0. The van der Waals surface area contributed by atoms with Crippen LogP contribution in [-0.4, -0.2) is 63.7 Å². The molecule has 0 saturated heterocycles. The molecule has 0 atom stereocenters. The zero-order valence-electron chi connectivity index (χ0n) is 15.4. The Labute approximate surface area is 146 Å². The maximum absolute atomic E-state index is 11.9. The summed E-state index contributed by atoms with van der Waals surface area (Å²) in [7, 11) is 3.79. The molecule has 1 amide bonds. The molecule has 0 aromatic rings. The minimum Gasteiger partial charge on any atom is -0.379 e. The Kier molecular flexibility index (Phi) is 8.36. The largest absolute Gasteiger partial charge is 0.379 e. The summed E-state index contributed by atoms with van der Waals surface area (Å²) in [4.78, 5) is 18.2. The molecule has 2 aliphatic carbocycles. The summed E-state index contributed by atoms with van der Waals surface area (Å²) in [6.07, 6.45) is 8.33. The predicted molar refractivity (Wildman–Crippen MR) is 97.1 cm³/mol. The number of ether oxygens (including phenoxy) is 1. The van der Waals surface area contributed by atoms with Gasteiger partial charge in [0.2, 0.25) is 5.91 Å². The van der Waals surface area contributed by atoms with Gasteiger partial charge in [-0.2, -0.15) is 0 Å². The van der Waals surface area contributed by atoms with Crippen LogP contribution in [0.4, 0.5) is 0 Å². The molecule has 0 aromatic carbocycles. The van der Waals surface area contributed by atoms with Crippen LogP contribution < -0.4 is 10.6 Å². The minimum absolute atomic E-state index is 0.181. The number of hydrogen-bond donors (Lipinski definition) is 2. The molecule has 2 fully saturated rings. The molecule has 0 radical (unpaired) electrons. The van der Waals surface area contributed by atoms with Gasteiger partial charge in [0.25, 0.3) is 0 Å². The summed E-state index contributed by atoms with van der Waals surface area (Å²) in [6.45, 7) is 3.77.